The highest BCUT2D eigenvalue weighted by Gasteiger charge is 2.39. The fourth-order valence-electron chi connectivity index (χ4n) is 2.90. The minimum Gasteiger partial charge on any atom is -0.507 e. The zero-order chi connectivity index (χ0) is 20.3. The second-order valence-electron chi connectivity index (χ2n) is 6.17. The van der Waals surface area contributed by atoms with Crippen molar-refractivity contribution in [2.75, 3.05) is 6.54 Å². The number of hydrazone groups is 1. The van der Waals surface area contributed by atoms with E-state index in [1.54, 1.807) is 0 Å². The van der Waals surface area contributed by atoms with E-state index < -0.39 is 22.0 Å². The van der Waals surface area contributed by atoms with E-state index in [0.29, 0.717) is 28.5 Å². The van der Waals surface area contributed by atoms with E-state index in [-0.39, 0.29) is 17.2 Å². The van der Waals surface area contributed by atoms with E-state index in [4.69, 9.17) is 23.2 Å². The van der Waals surface area contributed by atoms with E-state index in [1.165, 1.54) is 48.7 Å². The molecular weight excluding hydrogens is 425 g/mol. The van der Waals surface area contributed by atoms with Gasteiger partial charge in [-0.15, -0.1) is 0 Å². The number of phenolic OH excluding ortho intramolecular Hbond substituents is 1. The summed E-state index contributed by atoms with van der Waals surface area (Å²) in [5.41, 5.74) is 2.66. The van der Waals surface area contributed by atoms with Crippen LogP contribution in [0.3, 0.4) is 0 Å². The van der Waals surface area contributed by atoms with Crippen molar-refractivity contribution < 1.29 is 18.3 Å². The third kappa shape index (κ3) is 4.47. The SMILES string of the molecule is O=C(NN=Cc1cc(Cl)ccc1O)[C@H]1CCCN1S(=O)(=O)c1ccc(Cl)cc1. The van der Waals surface area contributed by atoms with Crippen LogP contribution in [0.25, 0.3) is 0 Å². The van der Waals surface area contributed by atoms with Crippen molar-refractivity contribution in [3.63, 3.8) is 0 Å². The molecule has 0 aliphatic carbocycles. The smallest absolute Gasteiger partial charge is 0.258 e. The second-order valence-corrected chi connectivity index (χ2v) is 8.93. The van der Waals surface area contributed by atoms with Gasteiger partial charge in [0.25, 0.3) is 5.91 Å². The highest BCUT2D eigenvalue weighted by Crippen LogP contribution is 2.27. The van der Waals surface area contributed by atoms with Crippen molar-refractivity contribution in [1.82, 2.24) is 9.73 Å². The van der Waals surface area contributed by atoms with Crippen LogP contribution in [0.4, 0.5) is 0 Å². The van der Waals surface area contributed by atoms with Crippen LogP contribution in [0.2, 0.25) is 10.0 Å². The van der Waals surface area contributed by atoms with Gasteiger partial charge in [0.1, 0.15) is 11.8 Å². The van der Waals surface area contributed by atoms with Gasteiger partial charge in [-0.1, -0.05) is 23.2 Å². The molecule has 0 aromatic heterocycles. The van der Waals surface area contributed by atoms with Crippen LogP contribution < -0.4 is 5.43 Å². The second kappa shape index (κ2) is 8.48. The molecule has 2 aromatic rings. The van der Waals surface area contributed by atoms with Gasteiger partial charge in [0.2, 0.25) is 10.0 Å². The van der Waals surface area contributed by atoms with Crippen molar-refractivity contribution >= 4 is 45.3 Å². The fourth-order valence-corrected chi connectivity index (χ4v) is 4.86. The van der Waals surface area contributed by atoms with Crippen molar-refractivity contribution in [3.8, 4) is 5.75 Å². The van der Waals surface area contributed by atoms with Gasteiger partial charge in [-0.2, -0.15) is 9.41 Å². The number of carbonyl (C=O) groups is 1. The minimum atomic E-state index is -3.83. The maximum atomic E-state index is 12.9. The van der Waals surface area contributed by atoms with Gasteiger partial charge in [-0.05, 0) is 55.3 Å². The molecule has 1 amide bonds. The van der Waals surface area contributed by atoms with Gasteiger partial charge in [0.15, 0.2) is 0 Å². The number of nitrogens with one attached hydrogen (secondary N) is 1. The number of aromatic hydroxyl groups is 1. The summed E-state index contributed by atoms with van der Waals surface area (Å²) in [7, 11) is -3.83. The van der Waals surface area contributed by atoms with E-state index in [9.17, 15) is 18.3 Å². The lowest BCUT2D eigenvalue weighted by atomic mass is 10.2. The number of halogens is 2. The van der Waals surface area contributed by atoms with Gasteiger partial charge in [-0.3, -0.25) is 4.79 Å². The molecular formula is C18H17Cl2N3O4S. The third-order valence-electron chi connectivity index (χ3n) is 4.29. The number of sulfonamides is 1. The standard InChI is InChI=1S/C18H17Cl2N3O4S/c19-13-3-6-15(7-4-13)28(26,27)23-9-1-2-16(23)18(25)22-21-11-12-10-14(20)5-8-17(12)24/h3-8,10-11,16,24H,1-2,9H2,(H,22,25)/t16-/m1/s1. The minimum absolute atomic E-state index is 0.0461. The predicted octanol–water partition coefficient (Wildman–Crippen LogP) is 3.00. The third-order valence-corrected chi connectivity index (χ3v) is 6.70. The first-order chi connectivity index (χ1) is 13.3. The van der Waals surface area contributed by atoms with Crippen molar-refractivity contribution in [2.45, 2.75) is 23.8 Å². The van der Waals surface area contributed by atoms with Crippen molar-refractivity contribution in [1.29, 1.82) is 0 Å². The zero-order valence-electron chi connectivity index (χ0n) is 14.5. The molecule has 2 N–H and O–H groups in total. The number of hydrogen-bond acceptors (Lipinski definition) is 5. The molecule has 0 bridgehead atoms. The van der Waals surface area contributed by atoms with Gasteiger partial charge >= 0.3 is 0 Å². The molecule has 0 radical (unpaired) electrons. The van der Waals surface area contributed by atoms with Crippen LogP contribution >= 0.6 is 23.2 Å². The number of benzene rings is 2. The summed E-state index contributed by atoms with van der Waals surface area (Å²) >= 11 is 11.7. The average Bonchev–Trinajstić information content (AvgIpc) is 3.16. The number of rotatable bonds is 5. The van der Waals surface area contributed by atoms with Crippen LogP contribution in [-0.4, -0.2) is 42.5 Å². The summed E-state index contributed by atoms with van der Waals surface area (Å²) in [6.07, 6.45) is 2.19. The number of phenols is 1. The first-order valence-electron chi connectivity index (χ1n) is 8.38. The lowest BCUT2D eigenvalue weighted by Gasteiger charge is -2.22. The van der Waals surface area contributed by atoms with Gasteiger partial charge in [0, 0.05) is 22.2 Å². The Hall–Kier alpha value is -2.13. The first kappa shape index (κ1) is 20.6. The van der Waals surface area contributed by atoms with Gasteiger partial charge in [-0.25, -0.2) is 13.8 Å². The first-order valence-corrected chi connectivity index (χ1v) is 10.6. The Labute approximate surface area is 172 Å². The molecule has 0 unspecified atom stereocenters. The summed E-state index contributed by atoms with van der Waals surface area (Å²) in [6, 6.07) is 9.33. The lowest BCUT2D eigenvalue weighted by Crippen LogP contribution is -2.44. The summed E-state index contributed by atoms with van der Waals surface area (Å²) in [4.78, 5) is 12.6. The number of carbonyl (C=O) groups excluding carboxylic acids is 1. The summed E-state index contributed by atoms with van der Waals surface area (Å²) in [5, 5.41) is 14.4. The molecule has 3 rings (SSSR count). The molecule has 10 heteroatoms. The van der Waals surface area contributed by atoms with Gasteiger partial charge in [0.05, 0.1) is 11.1 Å². The van der Waals surface area contributed by atoms with Crippen LogP contribution in [0.1, 0.15) is 18.4 Å². The van der Waals surface area contributed by atoms with Crippen LogP contribution in [0.15, 0.2) is 52.5 Å². The summed E-state index contributed by atoms with van der Waals surface area (Å²) < 4.78 is 26.9. The summed E-state index contributed by atoms with van der Waals surface area (Å²) in [6.45, 7) is 0.238. The lowest BCUT2D eigenvalue weighted by molar-refractivity contribution is -0.124. The quantitative estimate of drug-likeness (QED) is 0.550. The molecule has 1 aliphatic heterocycles. The van der Waals surface area contributed by atoms with E-state index in [1.807, 2.05) is 0 Å². The van der Waals surface area contributed by atoms with Crippen LogP contribution in [0.5, 0.6) is 5.75 Å². The van der Waals surface area contributed by atoms with Gasteiger partial charge < -0.3 is 5.11 Å². The van der Waals surface area contributed by atoms with E-state index in [0.717, 1.165) is 4.31 Å². The maximum Gasteiger partial charge on any atom is 0.258 e. The largest absolute Gasteiger partial charge is 0.507 e. The Kier molecular flexibility index (Phi) is 6.24. The van der Waals surface area contributed by atoms with Crippen molar-refractivity contribution in [2.24, 2.45) is 5.10 Å². The number of amides is 1. The van der Waals surface area contributed by atoms with Crippen molar-refractivity contribution in [3.05, 3.63) is 58.1 Å². The average molecular weight is 442 g/mol. The molecule has 0 saturated carbocycles. The molecule has 28 heavy (non-hydrogen) atoms. The number of hydrogen-bond donors (Lipinski definition) is 2. The molecule has 7 nitrogen and oxygen atoms in total. The Bertz CT molecular complexity index is 1010. The van der Waals surface area contributed by atoms with E-state index >= 15 is 0 Å². The Morgan fingerprint density at radius 1 is 1.18 bits per heavy atom. The summed E-state index contributed by atoms with van der Waals surface area (Å²) in [5.74, 6) is -0.594. The molecule has 0 spiro atoms. The molecule has 1 fully saturated rings. The fraction of sp³-hybridized carbons (Fsp3) is 0.222. The molecule has 148 valence electrons. The monoisotopic (exact) mass is 441 g/mol. The molecule has 2 aromatic carbocycles. The highest BCUT2D eigenvalue weighted by molar-refractivity contribution is 7.89. The van der Waals surface area contributed by atoms with Crippen LogP contribution in [0, 0.1) is 0 Å². The molecule has 1 atom stereocenters. The number of nitrogens with zero attached hydrogens (tertiary/aromatic N) is 2. The van der Waals surface area contributed by atoms with E-state index in [2.05, 4.69) is 10.5 Å². The van der Waals surface area contributed by atoms with Crippen LogP contribution in [-0.2, 0) is 14.8 Å². The zero-order valence-corrected chi connectivity index (χ0v) is 16.9. The highest BCUT2D eigenvalue weighted by atomic mass is 35.5. The molecule has 1 aliphatic rings. The Morgan fingerprint density at radius 3 is 2.57 bits per heavy atom. The topological polar surface area (TPSA) is 99.1 Å². The molecule has 1 heterocycles. The Balaban J connectivity index is 1.73. The normalized spacial score (nSPS) is 17.9. The molecule has 1 saturated heterocycles. The predicted molar refractivity (Wildman–Crippen MR) is 107 cm³/mol. The Morgan fingerprint density at radius 2 is 1.86 bits per heavy atom. The maximum absolute atomic E-state index is 12.9.